The van der Waals surface area contributed by atoms with E-state index in [0.717, 1.165) is 30.0 Å². The highest BCUT2D eigenvalue weighted by Gasteiger charge is 2.21. The lowest BCUT2D eigenvalue weighted by atomic mass is 10.2. The van der Waals surface area contributed by atoms with Crippen molar-refractivity contribution < 1.29 is 0 Å². The van der Waals surface area contributed by atoms with E-state index in [1.165, 1.54) is 29.0 Å². The van der Waals surface area contributed by atoms with Gasteiger partial charge in [-0.05, 0) is 51.3 Å². The van der Waals surface area contributed by atoms with Gasteiger partial charge < -0.3 is 10.2 Å². The van der Waals surface area contributed by atoms with Gasteiger partial charge in [0.05, 0.1) is 5.69 Å². The molecule has 0 unspecified atom stereocenters. The molecular weight excluding hydrogens is 278 g/mol. The summed E-state index contributed by atoms with van der Waals surface area (Å²) in [7, 11) is 0. The van der Waals surface area contributed by atoms with Gasteiger partial charge in [0, 0.05) is 29.7 Å². The van der Waals surface area contributed by atoms with Crippen LogP contribution in [0.3, 0.4) is 0 Å². The first kappa shape index (κ1) is 14.5. The molecule has 0 aliphatic heterocycles. The zero-order valence-electron chi connectivity index (χ0n) is 13.0. The van der Waals surface area contributed by atoms with Gasteiger partial charge >= 0.3 is 0 Å². The summed E-state index contributed by atoms with van der Waals surface area (Å²) in [4.78, 5) is 8.45. The minimum Gasteiger partial charge on any atom is -0.318 e. The zero-order valence-corrected chi connectivity index (χ0v) is 13.8. The Kier molecular flexibility index (Phi) is 4.27. The van der Waals surface area contributed by atoms with E-state index < -0.39 is 0 Å². The highest BCUT2D eigenvalue weighted by atomic mass is 32.1. The van der Waals surface area contributed by atoms with E-state index in [-0.39, 0.29) is 0 Å². The minimum absolute atomic E-state index is 0.744. The van der Waals surface area contributed by atoms with Gasteiger partial charge in [-0.3, -0.25) is 0 Å². The molecule has 1 fully saturated rings. The molecule has 112 valence electrons. The Balaban J connectivity index is 1.81. The third-order valence-electron chi connectivity index (χ3n) is 3.87. The van der Waals surface area contributed by atoms with Gasteiger partial charge in [0.25, 0.3) is 0 Å². The molecular formula is C17H23N3S. The number of anilines is 2. The van der Waals surface area contributed by atoms with E-state index in [1.807, 2.05) is 11.3 Å². The smallest absolute Gasteiger partial charge is 0.190 e. The van der Waals surface area contributed by atoms with Crippen molar-refractivity contribution in [1.29, 1.82) is 0 Å². The SMILES string of the molecule is CCN(c1cccc(C)c1)c1nc(C)c(CNC2CC2)s1. The number of thiazole rings is 1. The quantitative estimate of drug-likeness (QED) is 0.868. The van der Waals surface area contributed by atoms with E-state index in [9.17, 15) is 0 Å². The van der Waals surface area contributed by atoms with Gasteiger partial charge in [-0.25, -0.2) is 4.98 Å². The van der Waals surface area contributed by atoms with Crippen LogP contribution in [0, 0.1) is 13.8 Å². The molecule has 1 aromatic carbocycles. The number of benzene rings is 1. The maximum Gasteiger partial charge on any atom is 0.190 e. The number of aryl methyl sites for hydroxylation is 2. The van der Waals surface area contributed by atoms with Crippen LogP contribution in [-0.4, -0.2) is 17.6 Å². The number of rotatable bonds is 6. The average Bonchev–Trinajstić information content (AvgIpc) is 3.22. The third-order valence-corrected chi connectivity index (χ3v) is 5.05. The second kappa shape index (κ2) is 6.16. The number of hydrogen-bond donors (Lipinski definition) is 1. The zero-order chi connectivity index (χ0) is 14.8. The Hall–Kier alpha value is -1.39. The molecule has 1 heterocycles. The Labute approximate surface area is 131 Å². The van der Waals surface area contributed by atoms with Gasteiger partial charge in [-0.2, -0.15) is 0 Å². The molecule has 3 rings (SSSR count). The molecule has 0 amide bonds. The van der Waals surface area contributed by atoms with Gasteiger partial charge in [-0.15, -0.1) is 0 Å². The lowest BCUT2D eigenvalue weighted by Crippen LogP contribution is -2.15. The summed E-state index contributed by atoms with van der Waals surface area (Å²) >= 11 is 1.81. The number of aromatic nitrogens is 1. The number of hydrogen-bond acceptors (Lipinski definition) is 4. The number of nitrogens with one attached hydrogen (secondary N) is 1. The monoisotopic (exact) mass is 301 g/mol. The second-order valence-corrected chi connectivity index (χ2v) is 6.81. The van der Waals surface area contributed by atoms with Crippen LogP contribution < -0.4 is 10.2 Å². The third kappa shape index (κ3) is 3.44. The van der Waals surface area contributed by atoms with Crippen molar-refractivity contribution in [1.82, 2.24) is 10.3 Å². The molecule has 1 aromatic heterocycles. The fourth-order valence-electron chi connectivity index (χ4n) is 2.44. The van der Waals surface area contributed by atoms with E-state index in [4.69, 9.17) is 4.98 Å². The first-order valence-corrected chi connectivity index (χ1v) is 8.53. The highest BCUT2D eigenvalue weighted by Crippen LogP contribution is 2.32. The summed E-state index contributed by atoms with van der Waals surface area (Å²) in [6.07, 6.45) is 2.66. The van der Waals surface area contributed by atoms with Crippen molar-refractivity contribution in [2.24, 2.45) is 0 Å². The molecule has 1 N–H and O–H groups in total. The molecule has 0 bridgehead atoms. The van der Waals surface area contributed by atoms with Crippen molar-refractivity contribution in [2.75, 3.05) is 11.4 Å². The standard InChI is InChI=1S/C17H23N3S/c1-4-20(15-7-5-6-12(2)10-15)17-19-13(3)16(21-17)11-18-14-8-9-14/h5-7,10,14,18H,4,8-9,11H2,1-3H3. The van der Waals surface area contributed by atoms with Crippen LogP contribution in [0.1, 0.15) is 35.9 Å². The number of nitrogens with zero attached hydrogens (tertiary/aromatic N) is 2. The molecule has 4 heteroatoms. The predicted molar refractivity (Wildman–Crippen MR) is 90.6 cm³/mol. The fraction of sp³-hybridized carbons (Fsp3) is 0.471. The molecule has 2 aromatic rings. The van der Waals surface area contributed by atoms with Gasteiger partial charge in [0.2, 0.25) is 0 Å². The maximum atomic E-state index is 4.79. The normalized spacial score (nSPS) is 14.4. The van der Waals surface area contributed by atoms with Crippen LogP contribution in [0.15, 0.2) is 24.3 Å². The van der Waals surface area contributed by atoms with Crippen LogP contribution in [0.25, 0.3) is 0 Å². The highest BCUT2D eigenvalue weighted by molar-refractivity contribution is 7.15. The Morgan fingerprint density at radius 3 is 2.81 bits per heavy atom. The van der Waals surface area contributed by atoms with Crippen LogP contribution in [-0.2, 0) is 6.54 Å². The lowest BCUT2D eigenvalue weighted by molar-refractivity contribution is 0.691. The van der Waals surface area contributed by atoms with E-state index in [2.05, 4.69) is 55.3 Å². The Morgan fingerprint density at radius 1 is 1.33 bits per heavy atom. The second-order valence-electron chi connectivity index (χ2n) is 5.74. The largest absolute Gasteiger partial charge is 0.318 e. The molecule has 1 saturated carbocycles. The lowest BCUT2D eigenvalue weighted by Gasteiger charge is -2.20. The topological polar surface area (TPSA) is 28.2 Å². The summed E-state index contributed by atoms with van der Waals surface area (Å²) < 4.78 is 0. The Bertz CT molecular complexity index is 616. The van der Waals surface area contributed by atoms with Crippen LogP contribution >= 0.6 is 11.3 Å². The fourth-order valence-corrected chi connectivity index (χ4v) is 3.54. The molecule has 1 aliphatic rings. The van der Waals surface area contributed by atoms with E-state index in [0.29, 0.717) is 0 Å². The first-order valence-electron chi connectivity index (χ1n) is 7.71. The van der Waals surface area contributed by atoms with Crippen molar-refractivity contribution in [2.45, 2.75) is 46.2 Å². The summed E-state index contributed by atoms with van der Waals surface area (Å²) in [5.41, 5.74) is 3.68. The van der Waals surface area contributed by atoms with Crippen molar-refractivity contribution >= 4 is 22.2 Å². The van der Waals surface area contributed by atoms with Gasteiger partial charge in [0.15, 0.2) is 5.13 Å². The first-order chi connectivity index (χ1) is 10.2. The van der Waals surface area contributed by atoms with E-state index >= 15 is 0 Å². The molecule has 0 spiro atoms. The van der Waals surface area contributed by atoms with Crippen LogP contribution in [0.2, 0.25) is 0 Å². The van der Waals surface area contributed by atoms with Crippen molar-refractivity contribution in [3.8, 4) is 0 Å². The van der Waals surface area contributed by atoms with Gasteiger partial charge in [-0.1, -0.05) is 23.5 Å². The molecule has 1 aliphatic carbocycles. The summed E-state index contributed by atoms with van der Waals surface area (Å²) in [6.45, 7) is 8.33. The molecule has 21 heavy (non-hydrogen) atoms. The summed E-state index contributed by atoms with van der Waals surface area (Å²) in [6, 6.07) is 9.38. The molecule has 3 nitrogen and oxygen atoms in total. The molecule has 0 saturated heterocycles. The Morgan fingerprint density at radius 2 is 2.14 bits per heavy atom. The maximum absolute atomic E-state index is 4.79. The van der Waals surface area contributed by atoms with E-state index in [1.54, 1.807) is 0 Å². The molecule has 0 radical (unpaired) electrons. The predicted octanol–water partition coefficient (Wildman–Crippen LogP) is 4.17. The summed E-state index contributed by atoms with van der Waals surface area (Å²) in [5.74, 6) is 0. The average molecular weight is 301 g/mol. The van der Waals surface area contributed by atoms with Crippen molar-refractivity contribution in [3.63, 3.8) is 0 Å². The van der Waals surface area contributed by atoms with Crippen molar-refractivity contribution in [3.05, 3.63) is 40.4 Å². The van der Waals surface area contributed by atoms with Gasteiger partial charge in [0.1, 0.15) is 0 Å². The minimum atomic E-state index is 0.744. The van der Waals surface area contributed by atoms with Crippen LogP contribution in [0.5, 0.6) is 0 Å². The van der Waals surface area contributed by atoms with Crippen LogP contribution in [0.4, 0.5) is 10.8 Å². The summed E-state index contributed by atoms with van der Waals surface area (Å²) in [5, 5.41) is 4.69. The molecule has 0 atom stereocenters.